The van der Waals surface area contributed by atoms with E-state index in [0.717, 1.165) is 28.5 Å². The summed E-state index contributed by atoms with van der Waals surface area (Å²) in [5.41, 5.74) is 2.40. The average Bonchev–Trinajstić information content (AvgIpc) is 3.31. The topological polar surface area (TPSA) is 43.4 Å². The molecule has 3 rings (SSSR count). The van der Waals surface area contributed by atoms with Crippen LogP contribution < -0.4 is 14.8 Å². The molecule has 1 N–H and O–H groups in total. The highest BCUT2D eigenvalue weighted by Gasteiger charge is 2.17. The molecule has 6 heteroatoms. The first-order valence-electron chi connectivity index (χ1n) is 7.65. The molecule has 24 heavy (non-hydrogen) atoms. The summed E-state index contributed by atoms with van der Waals surface area (Å²) in [6.07, 6.45) is 2.78. The first kappa shape index (κ1) is 17.0. The molecule has 126 valence electrons. The number of hydrogen-bond acceptors (Lipinski definition) is 6. The Morgan fingerprint density at radius 2 is 2.08 bits per heavy atom. The van der Waals surface area contributed by atoms with Crippen molar-refractivity contribution in [2.24, 2.45) is 0 Å². The largest absolute Gasteiger partial charge is 0.493 e. The van der Waals surface area contributed by atoms with Crippen LogP contribution in [0.5, 0.6) is 11.5 Å². The molecule has 0 aliphatic heterocycles. The van der Waals surface area contributed by atoms with Gasteiger partial charge in [0.1, 0.15) is 5.01 Å². The van der Waals surface area contributed by atoms with Gasteiger partial charge in [-0.3, -0.25) is 0 Å². The van der Waals surface area contributed by atoms with E-state index in [2.05, 4.69) is 33.2 Å². The van der Waals surface area contributed by atoms with Gasteiger partial charge in [-0.1, -0.05) is 12.1 Å². The van der Waals surface area contributed by atoms with Gasteiger partial charge in [0.25, 0.3) is 0 Å². The van der Waals surface area contributed by atoms with Crippen LogP contribution in [0.2, 0.25) is 0 Å². The Morgan fingerprint density at radius 1 is 1.17 bits per heavy atom. The monoisotopic (exact) mass is 360 g/mol. The minimum absolute atomic E-state index is 0.176. The average molecular weight is 361 g/mol. The van der Waals surface area contributed by atoms with Gasteiger partial charge in [-0.2, -0.15) is 11.3 Å². The first-order chi connectivity index (χ1) is 11.8. The van der Waals surface area contributed by atoms with Crippen molar-refractivity contribution >= 4 is 22.7 Å². The number of ether oxygens (including phenoxy) is 2. The lowest BCUT2D eigenvalue weighted by atomic mass is 10.1. The zero-order valence-electron chi connectivity index (χ0n) is 13.7. The molecule has 3 aromatic rings. The predicted molar refractivity (Wildman–Crippen MR) is 99.3 cm³/mol. The summed E-state index contributed by atoms with van der Waals surface area (Å²) in [6.45, 7) is 0.689. The molecule has 0 aliphatic rings. The van der Waals surface area contributed by atoms with E-state index in [1.165, 1.54) is 5.56 Å². The van der Waals surface area contributed by atoms with Gasteiger partial charge in [-0.15, -0.1) is 11.3 Å². The van der Waals surface area contributed by atoms with Crippen LogP contribution in [0.4, 0.5) is 0 Å². The number of benzene rings is 1. The first-order valence-corrected chi connectivity index (χ1v) is 9.47. The van der Waals surface area contributed by atoms with Crippen molar-refractivity contribution < 1.29 is 9.47 Å². The number of thiazole rings is 1. The summed E-state index contributed by atoms with van der Waals surface area (Å²) in [5, 5.41) is 11.0. The van der Waals surface area contributed by atoms with Crippen LogP contribution in [0, 0.1) is 0 Å². The summed E-state index contributed by atoms with van der Waals surface area (Å²) < 4.78 is 10.9. The van der Waals surface area contributed by atoms with E-state index in [0.29, 0.717) is 6.54 Å². The van der Waals surface area contributed by atoms with Crippen LogP contribution in [-0.2, 0) is 13.0 Å². The molecule has 1 aromatic carbocycles. The van der Waals surface area contributed by atoms with Crippen molar-refractivity contribution in [2.45, 2.75) is 19.0 Å². The second kappa shape index (κ2) is 8.28. The summed E-state index contributed by atoms with van der Waals surface area (Å²) in [7, 11) is 3.33. The Hall–Kier alpha value is -1.89. The number of nitrogens with zero attached hydrogens (tertiary/aromatic N) is 1. The molecule has 0 saturated carbocycles. The van der Waals surface area contributed by atoms with Crippen molar-refractivity contribution in [2.75, 3.05) is 14.2 Å². The van der Waals surface area contributed by atoms with Crippen LogP contribution >= 0.6 is 22.7 Å². The molecule has 0 amide bonds. The van der Waals surface area contributed by atoms with Crippen molar-refractivity contribution in [1.29, 1.82) is 0 Å². The molecule has 0 radical (unpaired) electrons. The summed E-state index contributed by atoms with van der Waals surface area (Å²) in [4.78, 5) is 4.49. The van der Waals surface area contributed by atoms with E-state index in [1.807, 2.05) is 23.7 Å². The van der Waals surface area contributed by atoms with Gasteiger partial charge < -0.3 is 14.8 Å². The van der Waals surface area contributed by atoms with Gasteiger partial charge in [0.05, 0.1) is 20.3 Å². The standard InChI is InChI=1S/C18H20N2O2S2/c1-21-16-5-3-4-14(17(16)22-2)11-20-15(18-19-7-9-24-18)10-13-6-8-23-12-13/h3-9,12,15,20H,10-11H2,1-2H3. The van der Waals surface area contributed by atoms with E-state index in [9.17, 15) is 0 Å². The third-order valence-electron chi connectivity index (χ3n) is 3.79. The quantitative estimate of drug-likeness (QED) is 0.651. The number of nitrogens with one attached hydrogen (secondary N) is 1. The fraction of sp³-hybridized carbons (Fsp3) is 0.278. The summed E-state index contributed by atoms with van der Waals surface area (Å²) >= 11 is 3.40. The Morgan fingerprint density at radius 3 is 2.75 bits per heavy atom. The van der Waals surface area contributed by atoms with Crippen LogP contribution in [0.15, 0.2) is 46.6 Å². The Bertz CT molecular complexity index is 742. The second-order valence-electron chi connectivity index (χ2n) is 5.29. The molecule has 0 fully saturated rings. The predicted octanol–water partition coefficient (Wildman–Crippen LogP) is 4.30. The smallest absolute Gasteiger partial charge is 0.165 e. The number of rotatable bonds is 8. The molecule has 4 nitrogen and oxygen atoms in total. The van der Waals surface area contributed by atoms with Gasteiger partial charge in [-0.05, 0) is 34.9 Å². The normalized spacial score (nSPS) is 12.1. The zero-order valence-corrected chi connectivity index (χ0v) is 15.3. The molecule has 0 saturated heterocycles. The maximum atomic E-state index is 5.52. The minimum Gasteiger partial charge on any atom is -0.493 e. The zero-order chi connectivity index (χ0) is 16.8. The van der Waals surface area contributed by atoms with Crippen LogP contribution in [0.3, 0.4) is 0 Å². The number of aromatic nitrogens is 1. The molecular weight excluding hydrogens is 340 g/mol. The minimum atomic E-state index is 0.176. The lowest BCUT2D eigenvalue weighted by Gasteiger charge is -2.18. The van der Waals surface area contributed by atoms with Gasteiger partial charge in [0.15, 0.2) is 11.5 Å². The van der Waals surface area contributed by atoms with E-state index in [1.54, 1.807) is 36.9 Å². The fourth-order valence-corrected chi connectivity index (χ4v) is 4.02. The van der Waals surface area contributed by atoms with Crippen molar-refractivity contribution in [1.82, 2.24) is 10.3 Å². The van der Waals surface area contributed by atoms with E-state index in [4.69, 9.17) is 9.47 Å². The molecule has 0 spiro atoms. The lowest BCUT2D eigenvalue weighted by Crippen LogP contribution is -2.23. The highest BCUT2D eigenvalue weighted by Crippen LogP contribution is 2.31. The second-order valence-corrected chi connectivity index (χ2v) is 7.00. The number of para-hydroxylation sites is 1. The number of methoxy groups -OCH3 is 2. The molecule has 0 bridgehead atoms. The Balaban J connectivity index is 1.76. The summed E-state index contributed by atoms with van der Waals surface area (Å²) in [6, 6.07) is 8.29. The maximum Gasteiger partial charge on any atom is 0.165 e. The number of hydrogen-bond donors (Lipinski definition) is 1. The SMILES string of the molecule is COc1cccc(CNC(Cc2ccsc2)c2nccs2)c1OC. The third-order valence-corrected chi connectivity index (χ3v) is 5.41. The van der Waals surface area contributed by atoms with Crippen LogP contribution in [0.1, 0.15) is 22.2 Å². The van der Waals surface area contributed by atoms with Gasteiger partial charge in [-0.25, -0.2) is 4.98 Å². The molecule has 1 atom stereocenters. The van der Waals surface area contributed by atoms with E-state index >= 15 is 0 Å². The van der Waals surface area contributed by atoms with Crippen molar-refractivity contribution in [3.05, 3.63) is 62.7 Å². The van der Waals surface area contributed by atoms with E-state index in [-0.39, 0.29) is 6.04 Å². The molecule has 2 aromatic heterocycles. The van der Waals surface area contributed by atoms with E-state index < -0.39 is 0 Å². The van der Waals surface area contributed by atoms with Crippen molar-refractivity contribution in [3.63, 3.8) is 0 Å². The summed E-state index contributed by atoms with van der Waals surface area (Å²) in [5.74, 6) is 1.53. The van der Waals surface area contributed by atoms with Crippen molar-refractivity contribution in [3.8, 4) is 11.5 Å². The molecule has 2 heterocycles. The fourth-order valence-electron chi connectivity index (χ4n) is 2.62. The Labute approximate surface area is 150 Å². The van der Waals surface area contributed by atoms with Gasteiger partial charge >= 0.3 is 0 Å². The molecule has 1 unspecified atom stereocenters. The number of thiophene rings is 1. The third kappa shape index (κ3) is 3.95. The van der Waals surface area contributed by atoms with Crippen LogP contribution in [-0.4, -0.2) is 19.2 Å². The molecule has 0 aliphatic carbocycles. The van der Waals surface area contributed by atoms with Crippen LogP contribution in [0.25, 0.3) is 0 Å². The highest BCUT2D eigenvalue weighted by atomic mass is 32.1. The molecular formula is C18H20N2O2S2. The maximum absolute atomic E-state index is 5.52. The van der Waals surface area contributed by atoms with Gasteiger partial charge in [0.2, 0.25) is 0 Å². The Kier molecular flexibility index (Phi) is 5.85. The highest BCUT2D eigenvalue weighted by molar-refractivity contribution is 7.09. The lowest BCUT2D eigenvalue weighted by molar-refractivity contribution is 0.349. The van der Waals surface area contributed by atoms with Gasteiger partial charge in [0, 0.05) is 23.7 Å².